The molecule has 2 rings (SSSR count). The molecule has 18 heavy (non-hydrogen) atoms. The summed E-state index contributed by atoms with van der Waals surface area (Å²) >= 11 is 0. The Hall–Kier alpha value is -1.13. The van der Waals surface area contributed by atoms with Crippen LogP contribution in [0.3, 0.4) is 0 Å². The quantitative estimate of drug-likeness (QED) is 0.874. The number of likely N-dealkylation sites (N-methyl/N-ethyl adjacent to an activating group) is 1. The summed E-state index contributed by atoms with van der Waals surface area (Å²) < 4.78 is 0. The molecule has 1 fully saturated rings. The average Bonchev–Trinajstić information content (AvgIpc) is 2.75. The molecule has 2 N–H and O–H groups in total. The Labute approximate surface area is 110 Å². The molecule has 1 saturated heterocycles. The van der Waals surface area contributed by atoms with Gasteiger partial charge in [0.05, 0.1) is 0 Å². The third-order valence-corrected chi connectivity index (χ3v) is 3.48. The molecule has 0 spiro atoms. The molecule has 0 radical (unpaired) electrons. The lowest BCUT2D eigenvalue weighted by Crippen LogP contribution is -2.38. The SMILES string of the molecule is Cc1cc(CN)cc(N2CCCC2CN(C)C)n1. The second kappa shape index (κ2) is 5.67. The first-order valence-electron chi connectivity index (χ1n) is 6.69. The van der Waals surface area contributed by atoms with Gasteiger partial charge >= 0.3 is 0 Å². The monoisotopic (exact) mass is 248 g/mol. The number of nitrogens with zero attached hydrogens (tertiary/aromatic N) is 3. The van der Waals surface area contributed by atoms with E-state index in [9.17, 15) is 0 Å². The summed E-state index contributed by atoms with van der Waals surface area (Å²) in [6.07, 6.45) is 2.51. The maximum atomic E-state index is 5.75. The van der Waals surface area contributed by atoms with Crippen LogP contribution in [-0.2, 0) is 6.54 Å². The maximum Gasteiger partial charge on any atom is 0.129 e. The number of hydrogen-bond acceptors (Lipinski definition) is 4. The Morgan fingerprint density at radius 2 is 2.22 bits per heavy atom. The highest BCUT2D eigenvalue weighted by atomic mass is 15.3. The van der Waals surface area contributed by atoms with Crippen molar-refractivity contribution in [2.45, 2.75) is 32.4 Å². The van der Waals surface area contributed by atoms with Crippen LogP contribution in [0.25, 0.3) is 0 Å². The van der Waals surface area contributed by atoms with Crippen LogP contribution in [0, 0.1) is 6.92 Å². The molecular formula is C14H24N4. The predicted molar refractivity (Wildman–Crippen MR) is 75.8 cm³/mol. The summed E-state index contributed by atoms with van der Waals surface area (Å²) in [6, 6.07) is 4.79. The van der Waals surface area contributed by atoms with Crippen LogP contribution in [0.4, 0.5) is 5.82 Å². The number of hydrogen-bond donors (Lipinski definition) is 1. The van der Waals surface area contributed by atoms with Gasteiger partial charge in [0.15, 0.2) is 0 Å². The largest absolute Gasteiger partial charge is 0.352 e. The minimum Gasteiger partial charge on any atom is -0.352 e. The van der Waals surface area contributed by atoms with Gasteiger partial charge in [0.2, 0.25) is 0 Å². The fourth-order valence-corrected chi connectivity index (χ4v) is 2.73. The summed E-state index contributed by atoms with van der Waals surface area (Å²) in [5, 5.41) is 0. The van der Waals surface area contributed by atoms with E-state index in [1.165, 1.54) is 18.4 Å². The van der Waals surface area contributed by atoms with Crippen LogP contribution in [0.2, 0.25) is 0 Å². The molecule has 4 nitrogen and oxygen atoms in total. The van der Waals surface area contributed by atoms with Crippen LogP contribution in [0.1, 0.15) is 24.1 Å². The molecule has 0 aliphatic carbocycles. The maximum absolute atomic E-state index is 5.75. The van der Waals surface area contributed by atoms with Crippen LogP contribution < -0.4 is 10.6 Å². The van der Waals surface area contributed by atoms with E-state index in [2.05, 4.69) is 41.0 Å². The van der Waals surface area contributed by atoms with Gasteiger partial charge in [0, 0.05) is 31.4 Å². The first kappa shape index (κ1) is 13.3. The van der Waals surface area contributed by atoms with E-state index < -0.39 is 0 Å². The lowest BCUT2D eigenvalue weighted by atomic mass is 10.2. The Balaban J connectivity index is 2.21. The molecule has 1 aliphatic heterocycles. The van der Waals surface area contributed by atoms with Gasteiger partial charge in [-0.05, 0) is 51.6 Å². The van der Waals surface area contributed by atoms with Crippen molar-refractivity contribution in [3.05, 3.63) is 23.4 Å². The van der Waals surface area contributed by atoms with Gasteiger partial charge in [-0.25, -0.2) is 4.98 Å². The number of aryl methyl sites for hydroxylation is 1. The topological polar surface area (TPSA) is 45.4 Å². The van der Waals surface area contributed by atoms with Crippen molar-refractivity contribution >= 4 is 5.82 Å². The van der Waals surface area contributed by atoms with E-state index in [1.54, 1.807) is 0 Å². The van der Waals surface area contributed by atoms with Gasteiger partial charge in [0.1, 0.15) is 5.82 Å². The zero-order valence-corrected chi connectivity index (χ0v) is 11.7. The van der Waals surface area contributed by atoms with Crippen molar-refractivity contribution in [1.82, 2.24) is 9.88 Å². The van der Waals surface area contributed by atoms with E-state index in [0.29, 0.717) is 12.6 Å². The van der Waals surface area contributed by atoms with Crippen molar-refractivity contribution in [1.29, 1.82) is 0 Å². The molecule has 0 bridgehead atoms. The normalized spacial score (nSPS) is 19.8. The standard InChI is InChI=1S/C14H24N4/c1-11-7-12(9-15)8-14(16-11)18-6-4-5-13(18)10-17(2)3/h7-8,13H,4-6,9-10,15H2,1-3H3. The molecule has 100 valence electrons. The zero-order valence-electron chi connectivity index (χ0n) is 11.7. The van der Waals surface area contributed by atoms with Crippen LogP contribution in [-0.4, -0.2) is 43.1 Å². The number of nitrogens with two attached hydrogens (primary N) is 1. The number of pyridine rings is 1. The minimum absolute atomic E-state index is 0.583. The molecule has 1 aliphatic rings. The van der Waals surface area contributed by atoms with E-state index >= 15 is 0 Å². The second-order valence-corrected chi connectivity index (χ2v) is 5.43. The second-order valence-electron chi connectivity index (χ2n) is 5.43. The smallest absolute Gasteiger partial charge is 0.129 e. The fraction of sp³-hybridized carbons (Fsp3) is 0.643. The molecule has 4 heteroatoms. The van der Waals surface area contributed by atoms with E-state index in [4.69, 9.17) is 5.73 Å². The van der Waals surface area contributed by atoms with Crippen LogP contribution in [0.5, 0.6) is 0 Å². The summed E-state index contributed by atoms with van der Waals surface area (Å²) in [5.41, 5.74) is 7.98. The van der Waals surface area contributed by atoms with Crippen molar-refractivity contribution in [3.63, 3.8) is 0 Å². The average molecular weight is 248 g/mol. The Morgan fingerprint density at radius 3 is 2.89 bits per heavy atom. The number of anilines is 1. The molecule has 1 unspecified atom stereocenters. The molecular weight excluding hydrogens is 224 g/mol. The summed E-state index contributed by atoms with van der Waals surface area (Å²) in [4.78, 5) is 9.36. The van der Waals surface area contributed by atoms with Gasteiger partial charge in [-0.1, -0.05) is 0 Å². The third kappa shape index (κ3) is 3.00. The Kier molecular flexibility index (Phi) is 4.19. The van der Waals surface area contributed by atoms with E-state index in [0.717, 1.165) is 24.6 Å². The molecule has 2 heterocycles. The highest BCUT2D eigenvalue weighted by Crippen LogP contribution is 2.25. The minimum atomic E-state index is 0.583. The first-order chi connectivity index (χ1) is 8.60. The molecule has 0 aromatic carbocycles. The van der Waals surface area contributed by atoms with Crippen LogP contribution in [0.15, 0.2) is 12.1 Å². The fourth-order valence-electron chi connectivity index (χ4n) is 2.73. The predicted octanol–water partition coefficient (Wildman–Crippen LogP) is 1.38. The summed E-state index contributed by atoms with van der Waals surface area (Å²) in [6.45, 7) is 4.83. The molecule has 1 atom stereocenters. The number of aromatic nitrogens is 1. The summed E-state index contributed by atoms with van der Waals surface area (Å²) in [7, 11) is 4.26. The van der Waals surface area contributed by atoms with Crippen molar-refractivity contribution < 1.29 is 0 Å². The van der Waals surface area contributed by atoms with E-state index in [-0.39, 0.29) is 0 Å². The molecule has 1 aromatic heterocycles. The van der Waals surface area contributed by atoms with Crippen LogP contribution >= 0.6 is 0 Å². The van der Waals surface area contributed by atoms with E-state index in [1.807, 2.05) is 6.92 Å². The van der Waals surface area contributed by atoms with Gasteiger partial charge in [0.25, 0.3) is 0 Å². The van der Waals surface area contributed by atoms with Gasteiger partial charge in [-0.3, -0.25) is 0 Å². The van der Waals surface area contributed by atoms with Gasteiger partial charge in [-0.15, -0.1) is 0 Å². The van der Waals surface area contributed by atoms with Gasteiger partial charge < -0.3 is 15.5 Å². The molecule has 1 aromatic rings. The Morgan fingerprint density at radius 1 is 1.44 bits per heavy atom. The van der Waals surface area contributed by atoms with Crippen molar-refractivity contribution in [2.24, 2.45) is 5.73 Å². The molecule has 0 amide bonds. The lowest BCUT2D eigenvalue weighted by molar-refractivity contribution is 0.371. The highest BCUT2D eigenvalue weighted by molar-refractivity contribution is 5.45. The molecule has 0 saturated carbocycles. The van der Waals surface area contributed by atoms with Crippen molar-refractivity contribution in [3.8, 4) is 0 Å². The third-order valence-electron chi connectivity index (χ3n) is 3.48. The van der Waals surface area contributed by atoms with Gasteiger partial charge in [-0.2, -0.15) is 0 Å². The Bertz CT molecular complexity index is 403. The van der Waals surface area contributed by atoms with Crippen molar-refractivity contribution in [2.75, 3.05) is 32.1 Å². The zero-order chi connectivity index (χ0) is 13.1. The first-order valence-corrected chi connectivity index (χ1v) is 6.69. The lowest BCUT2D eigenvalue weighted by Gasteiger charge is -2.28. The highest BCUT2D eigenvalue weighted by Gasteiger charge is 2.26. The number of rotatable bonds is 4. The summed E-state index contributed by atoms with van der Waals surface area (Å²) in [5.74, 6) is 1.10.